The Morgan fingerprint density at radius 2 is 1.22 bits per heavy atom. The third kappa shape index (κ3) is 32.9. The molecule has 0 radical (unpaired) electrons. The molecule has 0 fully saturated rings. The largest absolute Gasteiger partial charge is 0.469 e. The van der Waals surface area contributed by atoms with Crippen LogP contribution in [0.25, 0.3) is 0 Å². The van der Waals surface area contributed by atoms with Gasteiger partial charge in [0.15, 0.2) is 11.9 Å². The van der Waals surface area contributed by atoms with Crippen LogP contribution in [-0.4, -0.2) is 46.8 Å². The zero-order valence-corrected chi connectivity index (χ0v) is 28.6. The first-order valence-electron chi connectivity index (χ1n) is 16.9. The second-order valence-corrected chi connectivity index (χ2v) is 12.4. The van der Waals surface area contributed by atoms with Crippen molar-refractivity contribution < 1.29 is 42.7 Å². The zero-order chi connectivity index (χ0) is 33.4. The Labute approximate surface area is 271 Å². The van der Waals surface area contributed by atoms with Gasteiger partial charge in [0.05, 0.1) is 6.61 Å². The van der Waals surface area contributed by atoms with Gasteiger partial charge in [-0.25, -0.2) is 4.57 Å². The number of ketones is 1. The van der Waals surface area contributed by atoms with Gasteiger partial charge in [0, 0.05) is 19.3 Å². The van der Waals surface area contributed by atoms with E-state index in [-0.39, 0.29) is 38.1 Å². The van der Waals surface area contributed by atoms with Gasteiger partial charge in [-0.3, -0.25) is 18.9 Å². The standard InChI is InChI=1S/C35H59O9P/c1-3-5-7-9-11-13-14-15-16-18-19-21-23-26-32(36)27-25-29-35(38)44-33(31-43-45(39,40)41)30-42-34(37)28-24-22-20-17-12-10-8-6-4-2/h11,13,15-16,19,21,23,26,33H,3-10,12,14,17-18,20,22,24-25,27-31H2,1-2H3,(H2,39,40,41)/b13-11-,16-15-,21-19-,26-23+/t33-/m1/s1. The minimum Gasteiger partial charge on any atom is -0.462 e. The molecule has 0 spiro atoms. The lowest BCUT2D eigenvalue weighted by Crippen LogP contribution is -2.29. The van der Waals surface area contributed by atoms with E-state index in [1.54, 1.807) is 12.2 Å². The highest BCUT2D eigenvalue weighted by Gasteiger charge is 2.23. The van der Waals surface area contributed by atoms with E-state index in [9.17, 15) is 18.9 Å². The van der Waals surface area contributed by atoms with Crippen LogP contribution in [0.5, 0.6) is 0 Å². The van der Waals surface area contributed by atoms with Crippen molar-refractivity contribution in [2.24, 2.45) is 0 Å². The molecule has 0 bridgehead atoms. The zero-order valence-electron chi connectivity index (χ0n) is 27.7. The van der Waals surface area contributed by atoms with Crippen LogP contribution >= 0.6 is 7.82 Å². The van der Waals surface area contributed by atoms with Crippen molar-refractivity contribution in [1.29, 1.82) is 0 Å². The van der Waals surface area contributed by atoms with Crippen LogP contribution in [0.15, 0.2) is 48.6 Å². The monoisotopic (exact) mass is 654 g/mol. The van der Waals surface area contributed by atoms with E-state index in [0.29, 0.717) is 6.42 Å². The summed E-state index contributed by atoms with van der Waals surface area (Å²) in [5, 5.41) is 0. The number of phosphoric ester groups is 1. The van der Waals surface area contributed by atoms with Crippen molar-refractivity contribution in [3.8, 4) is 0 Å². The highest BCUT2D eigenvalue weighted by atomic mass is 31.2. The normalized spacial score (nSPS) is 13.0. The number of ether oxygens (including phenoxy) is 2. The molecule has 0 aliphatic heterocycles. The summed E-state index contributed by atoms with van der Waals surface area (Å²) < 4.78 is 26.0. The van der Waals surface area contributed by atoms with Crippen molar-refractivity contribution in [2.75, 3.05) is 13.2 Å². The number of esters is 2. The Balaban J connectivity index is 4.27. The summed E-state index contributed by atoms with van der Waals surface area (Å²) in [5.41, 5.74) is 0. The fourth-order valence-corrected chi connectivity index (χ4v) is 4.63. The lowest BCUT2D eigenvalue weighted by Gasteiger charge is -2.18. The van der Waals surface area contributed by atoms with Gasteiger partial charge in [-0.05, 0) is 44.6 Å². The number of allylic oxidation sites excluding steroid dienone is 8. The number of carbonyl (C=O) groups excluding carboxylic acids is 3. The van der Waals surface area contributed by atoms with Gasteiger partial charge in [0.2, 0.25) is 0 Å². The molecule has 0 aromatic rings. The van der Waals surface area contributed by atoms with Crippen molar-refractivity contribution >= 4 is 25.5 Å². The van der Waals surface area contributed by atoms with Crippen LogP contribution in [0.3, 0.4) is 0 Å². The van der Waals surface area contributed by atoms with Crippen LogP contribution in [-0.2, 0) is 32.9 Å². The maximum absolute atomic E-state index is 12.3. The summed E-state index contributed by atoms with van der Waals surface area (Å²) in [6.45, 7) is 3.39. The predicted molar refractivity (Wildman–Crippen MR) is 179 cm³/mol. The number of hydrogen-bond donors (Lipinski definition) is 2. The molecule has 0 amide bonds. The quantitative estimate of drug-likeness (QED) is 0.0194. The molecule has 1 atom stereocenters. The van der Waals surface area contributed by atoms with Crippen molar-refractivity contribution in [2.45, 2.75) is 142 Å². The van der Waals surface area contributed by atoms with Gasteiger partial charge < -0.3 is 19.3 Å². The molecule has 258 valence electrons. The third-order valence-corrected chi connectivity index (χ3v) is 7.31. The minimum absolute atomic E-state index is 0.0773. The summed E-state index contributed by atoms with van der Waals surface area (Å²) in [7, 11) is -4.81. The van der Waals surface area contributed by atoms with E-state index < -0.39 is 32.5 Å². The Bertz CT molecular complexity index is 933. The molecule has 0 heterocycles. The fourth-order valence-electron chi connectivity index (χ4n) is 4.27. The van der Waals surface area contributed by atoms with Crippen LogP contribution in [0.2, 0.25) is 0 Å². The Kier molecular flexibility index (Phi) is 28.8. The molecule has 9 nitrogen and oxygen atoms in total. The molecule has 2 N–H and O–H groups in total. The summed E-state index contributed by atoms with van der Waals surface area (Å²) in [6.07, 6.45) is 31.4. The van der Waals surface area contributed by atoms with E-state index in [4.69, 9.17) is 19.3 Å². The van der Waals surface area contributed by atoms with Crippen molar-refractivity contribution in [3.63, 3.8) is 0 Å². The van der Waals surface area contributed by atoms with Crippen molar-refractivity contribution in [1.82, 2.24) is 0 Å². The van der Waals surface area contributed by atoms with E-state index in [1.807, 2.05) is 6.08 Å². The number of unbranched alkanes of at least 4 members (excludes halogenated alkanes) is 11. The summed E-state index contributed by atoms with van der Waals surface area (Å²) >= 11 is 0. The average molecular weight is 655 g/mol. The number of rotatable bonds is 30. The van der Waals surface area contributed by atoms with Gasteiger partial charge in [-0.2, -0.15) is 0 Å². The van der Waals surface area contributed by atoms with Crippen LogP contribution in [0.1, 0.15) is 136 Å². The van der Waals surface area contributed by atoms with Gasteiger partial charge in [-0.1, -0.05) is 121 Å². The Hall–Kier alpha value is -2.32. The fraction of sp³-hybridized carbons (Fsp3) is 0.686. The molecule has 0 aromatic heterocycles. The highest BCUT2D eigenvalue weighted by Crippen LogP contribution is 2.35. The second kappa shape index (κ2) is 30.3. The van der Waals surface area contributed by atoms with Gasteiger partial charge in [0.1, 0.15) is 6.61 Å². The van der Waals surface area contributed by atoms with Crippen LogP contribution < -0.4 is 0 Å². The Morgan fingerprint density at radius 3 is 1.89 bits per heavy atom. The maximum atomic E-state index is 12.3. The number of hydrogen-bond acceptors (Lipinski definition) is 7. The smallest absolute Gasteiger partial charge is 0.462 e. The Morgan fingerprint density at radius 1 is 0.644 bits per heavy atom. The number of carbonyl (C=O) groups is 3. The van der Waals surface area contributed by atoms with E-state index in [1.165, 1.54) is 57.4 Å². The number of phosphoric acid groups is 1. The molecule has 0 aromatic carbocycles. The lowest BCUT2D eigenvalue weighted by molar-refractivity contribution is -0.161. The molecule has 0 saturated heterocycles. The minimum atomic E-state index is -4.81. The van der Waals surface area contributed by atoms with Crippen molar-refractivity contribution in [3.05, 3.63) is 48.6 Å². The molecular weight excluding hydrogens is 595 g/mol. The predicted octanol–water partition coefficient (Wildman–Crippen LogP) is 8.80. The maximum Gasteiger partial charge on any atom is 0.469 e. The first kappa shape index (κ1) is 42.7. The first-order valence-corrected chi connectivity index (χ1v) is 18.4. The second-order valence-electron chi connectivity index (χ2n) is 11.2. The topological polar surface area (TPSA) is 136 Å². The van der Waals surface area contributed by atoms with E-state index in [0.717, 1.165) is 38.5 Å². The molecule has 0 aliphatic rings. The molecule has 0 unspecified atom stereocenters. The van der Waals surface area contributed by atoms with Gasteiger partial charge in [-0.15, -0.1) is 0 Å². The van der Waals surface area contributed by atoms with Gasteiger partial charge >= 0.3 is 19.8 Å². The van der Waals surface area contributed by atoms with E-state index in [2.05, 4.69) is 42.7 Å². The summed E-state index contributed by atoms with van der Waals surface area (Å²) in [4.78, 5) is 54.5. The van der Waals surface area contributed by atoms with Gasteiger partial charge in [0.25, 0.3) is 0 Å². The molecule has 0 rings (SSSR count). The molecule has 0 aliphatic carbocycles. The molecule has 0 saturated carbocycles. The molecule has 45 heavy (non-hydrogen) atoms. The summed E-state index contributed by atoms with van der Waals surface area (Å²) in [5.74, 6) is -1.28. The molecule has 10 heteroatoms. The lowest BCUT2D eigenvalue weighted by atomic mass is 10.1. The SMILES string of the molecule is CCCCC/C=C\C/C=C\C/C=C\C=C\C(=O)CCCC(=O)O[C@H](COC(=O)CCCCCCCCCCC)COP(=O)(O)O. The summed E-state index contributed by atoms with van der Waals surface area (Å²) in [6, 6.07) is 0. The highest BCUT2D eigenvalue weighted by molar-refractivity contribution is 7.46. The first-order chi connectivity index (χ1) is 21.7. The average Bonchev–Trinajstić information content (AvgIpc) is 2.99. The van der Waals surface area contributed by atoms with Crippen LogP contribution in [0, 0.1) is 0 Å². The van der Waals surface area contributed by atoms with Crippen LogP contribution in [0.4, 0.5) is 0 Å². The third-order valence-electron chi connectivity index (χ3n) is 6.83. The molecular formula is C35H59O9P. The van der Waals surface area contributed by atoms with E-state index >= 15 is 0 Å².